The normalized spacial score (nSPS) is 11.6. The van der Waals surface area contributed by atoms with Gasteiger partial charge in [0.05, 0.1) is 31.8 Å². The fourth-order valence-electron chi connectivity index (χ4n) is 3.44. The molecule has 0 radical (unpaired) electrons. The number of sulfonamides is 2. The first-order valence-electron chi connectivity index (χ1n) is 11.1. The SMILES string of the molecule is Cc1ccc(S(=O)(=O)Nc2ccc(C(=O)Nc3ccc(S(=O)(=O)Nc4cc(Cl)cc(Cl)c4)cc3)c(Cl)c2)cc1. The van der Waals surface area contributed by atoms with Gasteiger partial charge in [0.15, 0.2) is 0 Å². The number of amides is 1. The molecule has 13 heteroatoms. The van der Waals surface area contributed by atoms with Gasteiger partial charge in [0, 0.05) is 15.7 Å². The molecule has 4 aromatic carbocycles. The van der Waals surface area contributed by atoms with Crippen LogP contribution in [0.2, 0.25) is 15.1 Å². The summed E-state index contributed by atoms with van der Waals surface area (Å²) in [7, 11) is -7.80. The van der Waals surface area contributed by atoms with E-state index in [2.05, 4.69) is 14.8 Å². The Kier molecular flexibility index (Phi) is 8.43. The van der Waals surface area contributed by atoms with Gasteiger partial charge >= 0.3 is 0 Å². The number of carbonyl (C=O) groups is 1. The standard InChI is InChI=1S/C26H20Cl3N3O5S2/c1-16-2-7-22(8-3-16)38(34,35)31-20-6-11-24(25(29)15-20)26(33)30-19-4-9-23(10-5-19)39(36,37)32-21-13-17(27)12-18(28)14-21/h2-15,31-32H,1H3,(H,30,33). The van der Waals surface area contributed by atoms with Crippen molar-refractivity contribution in [2.75, 3.05) is 14.8 Å². The van der Waals surface area contributed by atoms with Gasteiger partial charge in [-0.15, -0.1) is 0 Å². The predicted octanol–water partition coefficient (Wildman–Crippen LogP) is 6.81. The van der Waals surface area contributed by atoms with E-state index in [4.69, 9.17) is 34.8 Å². The van der Waals surface area contributed by atoms with E-state index in [-0.39, 0.29) is 41.8 Å². The lowest BCUT2D eigenvalue weighted by molar-refractivity contribution is 0.102. The monoisotopic (exact) mass is 623 g/mol. The first-order valence-corrected chi connectivity index (χ1v) is 15.2. The Bertz CT molecular complexity index is 1740. The average Bonchev–Trinajstić information content (AvgIpc) is 2.83. The second-order valence-corrected chi connectivity index (χ2v) is 13.0. The number of nitrogens with one attached hydrogen (secondary N) is 3. The van der Waals surface area contributed by atoms with Crippen molar-refractivity contribution in [3.05, 3.63) is 111 Å². The van der Waals surface area contributed by atoms with Crippen molar-refractivity contribution in [3.8, 4) is 0 Å². The predicted molar refractivity (Wildman–Crippen MR) is 155 cm³/mol. The summed E-state index contributed by atoms with van der Waals surface area (Å²) in [6.45, 7) is 1.85. The first kappa shape index (κ1) is 28.7. The van der Waals surface area contributed by atoms with Crippen LogP contribution in [0.15, 0.2) is 94.7 Å². The smallest absolute Gasteiger partial charge is 0.261 e. The summed E-state index contributed by atoms with van der Waals surface area (Å²) in [5.41, 5.74) is 1.70. The molecule has 4 aromatic rings. The lowest BCUT2D eigenvalue weighted by Crippen LogP contribution is -2.15. The number of benzene rings is 4. The van der Waals surface area contributed by atoms with Gasteiger partial charge in [-0.25, -0.2) is 16.8 Å². The average molecular weight is 625 g/mol. The summed E-state index contributed by atoms with van der Waals surface area (Å²) in [5, 5.41) is 3.19. The number of hydrogen-bond acceptors (Lipinski definition) is 5. The molecule has 39 heavy (non-hydrogen) atoms. The van der Waals surface area contributed by atoms with Crippen LogP contribution in [0.4, 0.5) is 17.1 Å². The maximum atomic E-state index is 12.8. The molecule has 0 aliphatic heterocycles. The van der Waals surface area contributed by atoms with Crippen molar-refractivity contribution in [2.24, 2.45) is 0 Å². The number of aryl methyl sites for hydroxylation is 1. The molecular weight excluding hydrogens is 605 g/mol. The summed E-state index contributed by atoms with van der Waals surface area (Å²) in [6, 6.07) is 20.2. The Balaban J connectivity index is 1.44. The van der Waals surface area contributed by atoms with E-state index in [1.165, 1.54) is 72.8 Å². The van der Waals surface area contributed by atoms with E-state index >= 15 is 0 Å². The first-order chi connectivity index (χ1) is 18.3. The highest BCUT2D eigenvalue weighted by Gasteiger charge is 2.18. The van der Waals surface area contributed by atoms with Crippen LogP contribution in [0.25, 0.3) is 0 Å². The maximum absolute atomic E-state index is 12.8. The summed E-state index contributed by atoms with van der Waals surface area (Å²) in [6.07, 6.45) is 0. The molecule has 1 amide bonds. The Morgan fingerprint density at radius 1 is 0.615 bits per heavy atom. The zero-order valence-electron chi connectivity index (χ0n) is 20.1. The molecule has 0 aliphatic carbocycles. The zero-order valence-corrected chi connectivity index (χ0v) is 24.0. The molecule has 0 heterocycles. The van der Waals surface area contributed by atoms with Gasteiger partial charge in [-0.05, 0) is 79.7 Å². The number of hydrogen-bond donors (Lipinski definition) is 3. The highest BCUT2D eigenvalue weighted by Crippen LogP contribution is 2.27. The molecule has 0 aliphatic rings. The van der Waals surface area contributed by atoms with Crippen molar-refractivity contribution >= 4 is 77.8 Å². The van der Waals surface area contributed by atoms with Gasteiger partial charge in [0.2, 0.25) is 0 Å². The highest BCUT2D eigenvalue weighted by atomic mass is 35.5. The van der Waals surface area contributed by atoms with Crippen molar-refractivity contribution in [3.63, 3.8) is 0 Å². The topological polar surface area (TPSA) is 121 Å². The Hall–Kier alpha value is -3.28. The number of anilines is 3. The second kappa shape index (κ2) is 11.4. The van der Waals surface area contributed by atoms with Gasteiger partial charge in [-0.2, -0.15) is 0 Å². The van der Waals surface area contributed by atoms with Gasteiger partial charge in [-0.1, -0.05) is 52.5 Å². The minimum absolute atomic E-state index is 0.0141. The molecule has 4 rings (SSSR count). The molecule has 3 N–H and O–H groups in total. The molecule has 0 saturated carbocycles. The van der Waals surface area contributed by atoms with Crippen molar-refractivity contribution < 1.29 is 21.6 Å². The van der Waals surface area contributed by atoms with Crippen LogP contribution in [0.5, 0.6) is 0 Å². The fourth-order valence-corrected chi connectivity index (χ4v) is 6.32. The quantitative estimate of drug-likeness (QED) is 0.199. The zero-order chi connectivity index (χ0) is 28.4. The summed E-state index contributed by atoms with van der Waals surface area (Å²) in [5.74, 6) is -0.574. The third kappa shape index (κ3) is 7.23. The molecular formula is C26H20Cl3N3O5S2. The van der Waals surface area contributed by atoms with E-state index < -0.39 is 26.0 Å². The molecule has 8 nitrogen and oxygen atoms in total. The van der Waals surface area contributed by atoms with E-state index in [9.17, 15) is 21.6 Å². The summed E-state index contributed by atoms with van der Waals surface area (Å²) >= 11 is 18.1. The van der Waals surface area contributed by atoms with Gasteiger partial charge in [-0.3, -0.25) is 14.2 Å². The second-order valence-electron chi connectivity index (χ2n) is 8.36. The van der Waals surface area contributed by atoms with Crippen LogP contribution in [0, 0.1) is 6.92 Å². The van der Waals surface area contributed by atoms with Crippen LogP contribution in [-0.2, 0) is 20.0 Å². The van der Waals surface area contributed by atoms with Gasteiger partial charge < -0.3 is 5.32 Å². The van der Waals surface area contributed by atoms with E-state index in [1.807, 2.05) is 6.92 Å². The molecule has 0 unspecified atom stereocenters. The third-order valence-electron chi connectivity index (χ3n) is 5.33. The number of carbonyl (C=O) groups excluding carboxylic acids is 1. The van der Waals surface area contributed by atoms with Crippen molar-refractivity contribution in [2.45, 2.75) is 16.7 Å². The van der Waals surface area contributed by atoms with Crippen LogP contribution in [-0.4, -0.2) is 22.7 Å². The Morgan fingerprint density at radius 2 is 1.10 bits per heavy atom. The fraction of sp³-hybridized carbons (Fsp3) is 0.0385. The molecule has 0 spiro atoms. The van der Waals surface area contributed by atoms with Crippen LogP contribution < -0.4 is 14.8 Å². The lowest BCUT2D eigenvalue weighted by atomic mass is 10.2. The highest BCUT2D eigenvalue weighted by molar-refractivity contribution is 7.93. The van der Waals surface area contributed by atoms with Crippen LogP contribution >= 0.6 is 34.8 Å². The van der Waals surface area contributed by atoms with Crippen molar-refractivity contribution in [1.29, 1.82) is 0 Å². The maximum Gasteiger partial charge on any atom is 0.261 e. The minimum atomic E-state index is -3.95. The molecule has 202 valence electrons. The van der Waals surface area contributed by atoms with Gasteiger partial charge in [0.25, 0.3) is 26.0 Å². The van der Waals surface area contributed by atoms with Gasteiger partial charge in [0.1, 0.15) is 0 Å². The molecule has 0 aromatic heterocycles. The molecule has 0 bridgehead atoms. The van der Waals surface area contributed by atoms with E-state index in [0.717, 1.165) is 5.56 Å². The molecule has 0 fully saturated rings. The molecule has 0 atom stereocenters. The largest absolute Gasteiger partial charge is 0.322 e. The van der Waals surface area contributed by atoms with Crippen LogP contribution in [0.3, 0.4) is 0 Å². The van der Waals surface area contributed by atoms with E-state index in [0.29, 0.717) is 5.69 Å². The Morgan fingerprint density at radius 3 is 1.64 bits per heavy atom. The molecule has 0 saturated heterocycles. The number of rotatable bonds is 8. The van der Waals surface area contributed by atoms with E-state index in [1.54, 1.807) is 12.1 Å². The minimum Gasteiger partial charge on any atom is -0.322 e. The lowest BCUT2D eigenvalue weighted by Gasteiger charge is -2.12. The third-order valence-corrected chi connectivity index (χ3v) is 8.88. The summed E-state index contributed by atoms with van der Waals surface area (Å²) in [4.78, 5) is 12.8. The number of halogens is 3. The summed E-state index contributed by atoms with van der Waals surface area (Å²) < 4.78 is 55.5. The van der Waals surface area contributed by atoms with Crippen molar-refractivity contribution in [1.82, 2.24) is 0 Å². The van der Waals surface area contributed by atoms with Crippen LogP contribution in [0.1, 0.15) is 15.9 Å². The Labute approximate surface area is 241 Å².